The van der Waals surface area contributed by atoms with Crippen molar-refractivity contribution in [1.82, 2.24) is 20.0 Å². The molecule has 3 rings (SSSR count). The number of aromatic nitrogens is 4. The molecule has 0 amide bonds. The first-order valence-corrected chi connectivity index (χ1v) is 6.65. The molecule has 0 spiro atoms. The van der Waals surface area contributed by atoms with E-state index in [-0.39, 0.29) is 5.56 Å². The average Bonchev–Trinajstić information content (AvgIpc) is 2.76. The van der Waals surface area contributed by atoms with Gasteiger partial charge in [-0.2, -0.15) is 0 Å². The number of ether oxygens (including phenoxy) is 1. The zero-order valence-corrected chi connectivity index (χ0v) is 11.4. The Kier molecular flexibility index (Phi) is 3.00. The van der Waals surface area contributed by atoms with Crippen molar-refractivity contribution < 1.29 is 4.74 Å². The molecule has 0 aliphatic heterocycles. The summed E-state index contributed by atoms with van der Waals surface area (Å²) in [7, 11) is 1.59. The molecule has 0 saturated carbocycles. The predicted octanol–water partition coefficient (Wildman–Crippen LogP) is 1.36. The maximum Gasteiger partial charge on any atom is 0.287 e. The van der Waals surface area contributed by atoms with E-state index in [9.17, 15) is 4.79 Å². The van der Waals surface area contributed by atoms with Crippen LogP contribution in [-0.4, -0.2) is 33.7 Å². The van der Waals surface area contributed by atoms with Gasteiger partial charge >= 0.3 is 0 Å². The van der Waals surface area contributed by atoms with Crippen LogP contribution in [0.5, 0.6) is 0 Å². The number of methoxy groups -OCH3 is 1. The third kappa shape index (κ3) is 2.00. The molecular weight excluding hydrogens is 264 g/mol. The summed E-state index contributed by atoms with van der Waals surface area (Å²) < 4.78 is 6.87. The summed E-state index contributed by atoms with van der Waals surface area (Å²) in [6.07, 6.45) is 0. The van der Waals surface area contributed by atoms with Gasteiger partial charge in [0.15, 0.2) is 0 Å². The van der Waals surface area contributed by atoms with Gasteiger partial charge in [-0.1, -0.05) is 5.21 Å². The van der Waals surface area contributed by atoms with E-state index in [4.69, 9.17) is 4.74 Å². The van der Waals surface area contributed by atoms with Crippen LogP contribution < -0.4 is 5.56 Å². The van der Waals surface area contributed by atoms with Gasteiger partial charge in [-0.05, 0) is 19.1 Å². The van der Waals surface area contributed by atoms with E-state index in [0.717, 1.165) is 15.9 Å². The van der Waals surface area contributed by atoms with Crippen LogP contribution in [0.3, 0.4) is 0 Å². The third-order valence-electron chi connectivity index (χ3n) is 2.86. The van der Waals surface area contributed by atoms with Gasteiger partial charge in [-0.25, -0.2) is 9.67 Å². The number of fused-ring (bicyclic) bond motifs is 3. The third-order valence-corrected chi connectivity index (χ3v) is 3.93. The van der Waals surface area contributed by atoms with Crippen molar-refractivity contribution in [3.05, 3.63) is 28.2 Å². The molecule has 0 aliphatic rings. The minimum Gasteiger partial charge on any atom is -0.383 e. The molecule has 19 heavy (non-hydrogen) atoms. The number of hydrogen-bond acceptors (Lipinski definition) is 6. The van der Waals surface area contributed by atoms with Gasteiger partial charge in [0.25, 0.3) is 5.56 Å². The van der Waals surface area contributed by atoms with Crippen LogP contribution in [0.2, 0.25) is 0 Å². The van der Waals surface area contributed by atoms with Crippen molar-refractivity contribution in [2.24, 2.45) is 0 Å². The van der Waals surface area contributed by atoms with Crippen molar-refractivity contribution in [2.45, 2.75) is 13.5 Å². The fourth-order valence-electron chi connectivity index (χ4n) is 1.88. The van der Waals surface area contributed by atoms with Gasteiger partial charge in [0.1, 0.15) is 15.0 Å². The van der Waals surface area contributed by atoms with Gasteiger partial charge in [0.2, 0.25) is 0 Å². The summed E-state index contributed by atoms with van der Waals surface area (Å²) in [6, 6.07) is 3.84. The number of hydrogen-bond donors (Lipinski definition) is 0. The lowest BCUT2D eigenvalue weighted by Crippen LogP contribution is -2.25. The highest BCUT2D eigenvalue weighted by atomic mass is 32.1. The second kappa shape index (κ2) is 4.67. The van der Waals surface area contributed by atoms with Crippen molar-refractivity contribution in [2.75, 3.05) is 13.7 Å². The molecule has 0 N–H and O–H groups in total. The molecule has 0 saturated heterocycles. The van der Waals surface area contributed by atoms with Gasteiger partial charge in [0, 0.05) is 18.2 Å². The van der Waals surface area contributed by atoms with Crippen molar-refractivity contribution in [3.63, 3.8) is 0 Å². The lowest BCUT2D eigenvalue weighted by Gasteiger charge is -2.01. The summed E-state index contributed by atoms with van der Waals surface area (Å²) in [5.74, 6) is 0. The highest BCUT2D eigenvalue weighted by Crippen LogP contribution is 2.28. The van der Waals surface area contributed by atoms with Crippen LogP contribution >= 0.6 is 11.3 Å². The molecule has 0 fully saturated rings. The Morgan fingerprint density at radius 3 is 3.05 bits per heavy atom. The van der Waals surface area contributed by atoms with Gasteiger partial charge in [0.05, 0.1) is 13.2 Å². The lowest BCUT2D eigenvalue weighted by molar-refractivity contribution is 0.181. The molecule has 3 heterocycles. The van der Waals surface area contributed by atoms with E-state index in [2.05, 4.69) is 15.3 Å². The molecule has 7 heteroatoms. The molecule has 0 aromatic carbocycles. The topological polar surface area (TPSA) is 69.9 Å². The fourth-order valence-corrected chi connectivity index (χ4v) is 2.98. The van der Waals surface area contributed by atoms with Crippen LogP contribution in [0.25, 0.3) is 20.4 Å². The number of rotatable bonds is 3. The highest BCUT2D eigenvalue weighted by molar-refractivity contribution is 7.25. The quantitative estimate of drug-likeness (QED) is 0.722. The SMILES string of the molecule is COCCn1nnc2c(sc3nc(C)ccc32)c1=O. The van der Waals surface area contributed by atoms with E-state index in [1.54, 1.807) is 7.11 Å². The van der Waals surface area contributed by atoms with Gasteiger partial charge < -0.3 is 4.74 Å². The number of pyridine rings is 1. The Morgan fingerprint density at radius 2 is 2.26 bits per heavy atom. The van der Waals surface area contributed by atoms with Gasteiger partial charge in [-0.3, -0.25) is 4.79 Å². The van der Waals surface area contributed by atoms with Crippen molar-refractivity contribution in [1.29, 1.82) is 0 Å². The molecular formula is C12H12N4O2S. The molecule has 0 radical (unpaired) electrons. The first-order valence-electron chi connectivity index (χ1n) is 5.83. The summed E-state index contributed by atoms with van der Waals surface area (Å²) in [5.41, 5.74) is 1.42. The molecule has 3 aromatic rings. The van der Waals surface area contributed by atoms with Crippen molar-refractivity contribution in [3.8, 4) is 0 Å². The molecule has 0 aliphatic carbocycles. The van der Waals surface area contributed by atoms with E-state index in [0.29, 0.717) is 23.4 Å². The lowest BCUT2D eigenvalue weighted by atomic mass is 10.3. The second-order valence-corrected chi connectivity index (χ2v) is 5.19. The molecule has 98 valence electrons. The smallest absolute Gasteiger partial charge is 0.287 e. The molecule has 3 aromatic heterocycles. The highest BCUT2D eigenvalue weighted by Gasteiger charge is 2.13. The summed E-state index contributed by atoms with van der Waals surface area (Å²) in [6.45, 7) is 2.76. The maximum atomic E-state index is 12.3. The standard InChI is InChI=1S/C12H12N4O2S/c1-7-3-4-8-9-10(19-11(8)13-7)12(17)16(15-14-9)5-6-18-2/h3-4H,5-6H2,1-2H3. The number of aryl methyl sites for hydroxylation is 1. The van der Waals surface area contributed by atoms with Crippen molar-refractivity contribution >= 4 is 31.8 Å². The zero-order chi connectivity index (χ0) is 13.4. The van der Waals surface area contributed by atoms with Crippen LogP contribution in [-0.2, 0) is 11.3 Å². The minimum atomic E-state index is -0.136. The summed E-state index contributed by atoms with van der Waals surface area (Å²) in [4.78, 5) is 17.5. The van der Waals surface area contributed by atoms with Crippen LogP contribution in [0.1, 0.15) is 5.69 Å². The Balaban J connectivity index is 2.26. The molecule has 0 bridgehead atoms. The van der Waals surface area contributed by atoms with E-state index < -0.39 is 0 Å². The van der Waals surface area contributed by atoms with E-state index in [1.807, 2.05) is 19.1 Å². The number of nitrogens with zero attached hydrogens (tertiary/aromatic N) is 4. The van der Waals surface area contributed by atoms with Gasteiger partial charge in [-0.15, -0.1) is 16.4 Å². The fraction of sp³-hybridized carbons (Fsp3) is 0.333. The molecule has 0 unspecified atom stereocenters. The Hall–Kier alpha value is -1.86. The monoisotopic (exact) mass is 276 g/mol. The molecule has 0 atom stereocenters. The largest absolute Gasteiger partial charge is 0.383 e. The molecule has 6 nitrogen and oxygen atoms in total. The van der Waals surface area contributed by atoms with Crippen LogP contribution in [0.4, 0.5) is 0 Å². The maximum absolute atomic E-state index is 12.3. The summed E-state index contributed by atoms with van der Waals surface area (Å²) in [5, 5.41) is 8.97. The summed E-state index contributed by atoms with van der Waals surface area (Å²) >= 11 is 1.36. The van der Waals surface area contributed by atoms with E-state index >= 15 is 0 Å². The van der Waals surface area contributed by atoms with Crippen LogP contribution in [0, 0.1) is 6.92 Å². The Morgan fingerprint density at radius 1 is 1.42 bits per heavy atom. The predicted molar refractivity (Wildman–Crippen MR) is 73.6 cm³/mol. The van der Waals surface area contributed by atoms with E-state index in [1.165, 1.54) is 16.0 Å². The Labute approximate surface area is 112 Å². The first-order chi connectivity index (χ1) is 9.20. The van der Waals surface area contributed by atoms with Crippen LogP contribution in [0.15, 0.2) is 16.9 Å². The first kappa shape index (κ1) is 12.2. The average molecular weight is 276 g/mol. The minimum absolute atomic E-state index is 0.136. The number of thiophene rings is 1. The second-order valence-electron chi connectivity index (χ2n) is 4.20. The zero-order valence-electron chi connectivity index (χ0n) is 10.6. The Bertz CT molecular complexity index is 808. The normalized spacial score (nSPS) is 11.5.